The number of allylic oxidation sites excluding steroid dienone is 2. The molecule has 3 aromatic rings. The molecule has 12 heteroatoms. The Bertz CT molecular complexity index is 1280. The van der Waals surface area contributed by atoms with E-state index >= 15 is 0 Å². The fraction of sp³-hybridized carbons (Fsp3) is 0.111. The number of hydrazone groups is 2. The van der Waals surface area contributed by atoms with Crippen molar-refractivity contribution in [2.45, 2.75) is 12.1 Å². The average molecular weight is 672 g/mol. The number of rotatable bonds is 12. The molecule has 0 spiro atoms. The second-order valence-corrected chi connectivity index (χ2v) is 10.4. The second-order valence-electron chi connectivity index (χ2n) is 7.67. The van der Waals surface area contributed by atoms with Gasteiger partial charge in [-0.05, 0) is 62.1 Å². The van der Waals surface area contributed by atoms with Crippen molar-refractivity contribution < 1.29 is 14.3 Å². The van der Waals surface area contributed by atoms with Crippen LogP contribution in [0.4, 0.5) is 0 Å². The second kappa shape index (κ2) is 16.4. The number of aryl methyl sites for hydroxylation is 1. The summed E-state index contributed by atoms with van der Waals surface area (Å²) in [6.45, 7) is 1.47. The number of halogens is 2. The highest BCUT2D eigenvalue weighted by Crippen LogP contribution is 2.18. The summed E-state index contributed by atoms with van der Waals surface area (Å²) in [5, 5.41) is 8.18. The number of amides is 2. The first-order valence-corrected chi connectivity index (χ1v) is 14.0. The molecule has 1 heterocycles. The summed E-state index contributed by atoms with van der Waals surface area (Å²) in [7, 11) is 0. The fourth-order valence-corrected chi connectivity index (χ4v) is 4.23. The van der Waals surface area contributed by atoms with E-state index in [1.807, 2.05) is 72.8 Å². The summed E-state index contributed by atoms with van der Waals surface area (Å²) in [5.74, 6) is -0.529. The molecule has 0 saturated heterocycles. The number of carbonyl (C=O) groups is 2. The largest absolute Gasteiger partial charge is 0.467 e. The summed E-state index contributed by atoms with van der Waals surface area (Å²) in [6.07, 6.45) is 6.71. The van der Waals surface area contributed by atoms with Gasteiger partial charge in [-0.15, -0.1) is 0 Å². The molecule has 3 rings (SSSR count). The van der Waals surface area contributed by atoms with Crippen molar-refractivity contribution in [3.63, 3.8) is 0 Å². The van der Waals surface area contributed by atoms with Crippen molar-refractivity contribution in [3.05, 3.63) is 92.5 Å². The minimum absolute atomic E-state index is 0.0425. The van der Waals surface area contributed by atoms with Gasteiger partial charge < -0.3 is 4.74 Å². The van der Waals surface area contributed by atoms with E-state index in [0.717, 1.165) is 22.9 Å². The maximum atomic E-state index is 12.2. The lowest BCUT2D eigenvalue weighted by atomic mass is 10.2. The molecular weight excluding hydrogens is 648 g/mol. The van der Waals surface area contributed by atoms with Crippen LogP contribution in [0.1, 0.15) is 16.8 Å². The molecule has 0 bridgehead atoms. The van der Waals surface area contributed by atoms with Crippen molar-refractivity contribution in [1.82, 2.24) is 20.8 Å². The van der Waals surface area contributed by atoms with E-state index < -0.39 is 5.91 Å². The van der Waals surface area contributed by atoms with Gasteiger partial charge in [0.25, 0.3) is 11.8 Å². The van der Waals surface area contributed by atoms with Crippen LogP contribution >= 0.6 is 43.6 Å². The van der Waals surface area contributed by atoms with Crippen LogP contribution in [0.5, 0.6) is 5.88 Å². The van der Waals surface area contributed by atoms with E-state index in [4.69, 9.17) is 4.74 Å². The molecule has 0 unspecified atom stereocenters. The van der Waals surface area contributed by atoms with Gasteiger partial charge >= 0.3 is 0 Å². The molecule has 0 aliphatic carbocycles. The van der Waals surface area contributed by atoms with Gasteiger partial charge in [0.1, 0.15) is 0 Å². The average Bonchev–Trinajstić information content (AvgIpc) is 2.91. The predicted octanol–water partition coefficient (Wildman–Crippen LogP) is 5.33. The Kier molecular flexibility index (Phi) is 12.6. The third-order valence-corrected chi connectivity index (χ3v) is 6.17. The fourth-order valence-electron chi connectivity index (χ4n) is 2.81. The van der Waals surface area contributed by atoms with E-state index in [2.05, 4.69) is 62.9 Å². The zero-order chi connectivity index (χ0) is 27.9. The molecular formula is C27H24Br2N6O3S. The highest BCUT2D eigenvalue weighted by Gasteiger charge is 2.09. The number of benzene rings is 2. The molecule has 0 atom stereocenters. The van der Waals surface area contributed by atoms with Gasteiger partial charge in [0.2, 0.25) is 5.88 Å². The maximum Gasteiger partial charge on any atom is 0.278 e. The summed E-state index contributed by atoms with van der Waals surface area (Å²) >= 11 is 7.90. The van der Waals surface area contributed by atoms with Crippen LogP contribution < -0.4 is 15.6 Å². The van der Waals surface area contributed by atoms with Gasteiger partial charge in [-0.3, -0.25) is 9.59 Å². The molecule has 0 fully saturated rings. The Morgan fingerprint density at radius 2 is 1.41 bits per heavy atom. The number of hydrogen-bond acceptors (Lipinski definition) is 8. The summed E-state index contributed by atoms with van der Waals surface area (Å²) < 4.78 is 6.87. The first-order chi connectivity index (χ1) is 18.9. The summed E-state index contributed by atoms with van der Waals surface area (Å²) in [6, 6.07) is 21.0. The number of carbonyl (C=O) groups excluding carboxylic acids is 2. The van der Waals surface area contributed by atoms with Crippen molar-refractivity contribution in [3.8, 4) is 5.88 Å². The molecule has 0 aliphatic heterocycles. The molecule has 0 radical (unpaired) electrons. The maximum absolute atomic E-state index is 12.2. The standard InChI is InChI=1S/C27H24Br2N6O3S/c1-19-12-26(38-17-24(36)34-30-15-22(28)13-20-8-4-2-5-9-20)33-27(32-19)39-18-25(37)35-31-16-23(29)14-21-10-6-3-7-11-21/h2-16H,17-18H2,1H3,(H,34,36)(H,35,37)/b22-13-,23-14-,30-15+,31-16+. The molecule has 2 aromatic carbocycles. The lowest BCUT2D eigenvalue weighted by Crippen LogP contribution is -2.25. The third-order valence-electron chi connectivity index (χ3n) is 4.46. The van der Waals surface area contributed by atoms with Crippen LogP contribution in [0.25, 0.3) is 12.2 Å². The smallest absolute Gasteiger partial charge is 0.278 e. The van der Waals surface area contributed by atoms with E-state index in [1.165, 1.54) is 12.4 Å². The van der Waals surface area contributed by atoms with Crippen molar-refractivity contribution in [1.29, 1.82) is 0 Å². The SMILES string of the molecule is Cc1cc(OCC(=O)N/N=C/C(Br)=C/c2ccccc2)nc(SCC(=O)N/N=C/C(Br)=C/c2ccccc2)n1. The Balaban J connectivity index is 1.42. The number of nitrogens with one attached hydrogen (secondary N) is 2. The molecule has 0 aliphatic rings. The minimum Gasteiger partial charge on any atom is -0.467 e. The zero-order valence-corrected chi connectivity index (χ0v) is 24.7. The van der Waals surface area contributed by atoms with Gasteiger partial charge in [0.05, 0.1) is 18.2 Å². The molecule has 2 N–H and O–H groups in total. The van der Waals surface area contributed by atoms with Gasteiger partial charge in [-0.1, -0.05) is 72.4 Å². The topological polar surface area (TPSA) is 118 Å². The van der Waals surface area contributed by atoms with E-state index in [0.29, 0.717) is 19.8 Å². The van der Waals surface area contributed by atoms with E-state index in [9.17, 15) is 9.59 Å². The molecule has 39 heavy (non-hydrogen) atoms. The van der Waals surface area contributed by atoms with Crippen LogP contribution in [0.3, 0.4) is 0 Å². The highest BCUT2D eigenvalue weighted by atomic mass is 79.9. The monoisotopic (exact) mass is 670 g/mol. The van der Waals surface area contributed by atoms with Gasteiger partial charge in [0, 0.05) is 20.7 Å². The summed E-state index contributed by atoms with van der Waals surface area (Å²) in [5.41, 5.74) is 7.47. The number of hydrogen-bond donors (Lipinski definition) is 2. The Hall–Kier alpha value is -3.61. The molecule has 9 nitrogen and oxygen atoms in total. The Labute approximate surface area is 247 Å². The van der Waals surface area contributed by atoms with Crippen LogP contribution in [0.15, 0.2) is 91.1 Å². The third kappa shape index (κ3) is 12.2. The quantitative estimate of drug-likeness (QED) is 0.116. The first-order valence-electron chi connectivity index (χ1n) is 11.5. The number of nitrogens with zero attached hydrogens (tertiary/aromatic N) is 4. The zero-order valence-electron chi connectivity index (χ0n) is 20.8. The van der Waals surface area contributed by atoms with Crippen LogP contribution in [-0.2, 0) is 9.59 Å². The van der Waals surface area contributed by atoms with Gasteiger partial charge in [0.15, 0.2) is 11.8 Å². The number of thioether (sulfide) groups is 1. The van der Waals surface area contributed by atoms with Gasteiger partial charge in [-0.25, -0.2) is 15.8 Å². The van der Waals surface area contributed by atoms with Crippen LogP contribution in [0, 0.1) is 6.92 Å². The van der Waals surface area contributed by atoms with Crippen LogP contribution in [0.2, 0.25) is 0 Å². The minimum atomic E-state index is -0.457. The van der Waals surface area contributed by atoms with Crippen molar-refractivity contribution >= 4 is 80.0 Å². The Morgan fingerprint density at radius 3 is 1.97 bits per heavy atom. The van der Waals surface area contributed by atoms with Crippen molar-refractivity contribution in [2.24, 2.45) is 10.2 Å². The molecule has 200 valence electrons. The first kappa shape index (κ1) is 29.9. The number of aromatic nitrogens is 2. The molecule has 0 saturated carbocycles. The summed E-state index contributed by atoms with van der Waals surface area (Å²) in [4.78, 5) is 32.8. The predicted molar refractivity (Wildman–Crippen MR) is 163 cm³/mol. The Morgan fingerprint density at radius 1 is 0.872 bits per heavy atom. The van der Waals surface area contributed by atoms with Gasteiger partial charge in [-0.2, -0.15) is 15.2 Å². The van der Waals surface area contributed by atoms with Crippen molar-refractivity contribution in [2.75, 3.05) is 12.4 Å². The van der Waals surface area contributed by atoms with E-state index in [1.54, 1.807) is 13.0 Å². The molecule has 2 amide bonds. The molecule has 1 aromatic heterocycles. The lowest BCUT2D eigenvalue weighted by Gasteiger charge is -2.07. The normalized spacial score (nSPS) is 12.1. The number of ether oxygens (including phenoxy) is 1. The highest BCUT2D eigenvalue weighted by molar-refractivity contribution is 9.12. The van der Waals surface area contributed by atoms with E-state index in [-0.39, 0.29) is 24.1 Å². The lowest BCUT2D eigenvalue weighted by molar-refractivity contribution is -0.123. The van der Waals surface area contributed by atoms with Crippen LogP contribution in [-0.4, -0.2) is 46.6 Å².